The fourth-order valence-corrected chi connectivity index (χ4v) is 2.87. The Balaban J connectivity index is 0.000000429. The highest BCUT2D eigenvalue weighted by atomic mass is 19.4. The van der Waals surface area contributed by atoms with Gasteiger partial charge in [-0.15, -0.1) is 0 Å². The zero-order chi connectivity index (χ0) is 25.8. The molecule has 0 aliphatic carbocycles. The molecule has 0 aliphatic heterocycles. The molecular weight excluding hydrogens is 477 g/mol. The van der Waals surface area contributed by atoms with Gasteiger partial charge in [0.2, 0.25) is 5.89 Å². The molecule has 0 saturated heterocycles. The van der Waals surface area contributed by atoms with E-state index in [0.29, 0.717) is 46.9 Å². The van der Waals surface area contributed by atoms with Crippen LogP contribution in [0.1, 0.15) is 28.8 Å². The van der Waals surface area contributed by atoms with Crippen molar-refractivity contribution in [2.45, 2.75) is 25.9 Å². The third-order valence-corrected chi connectivity index (χ3v) is 4.39. The summed E-state index contributed by atoms with van der Waals surface area (Å²) in [6, 6.07) is 7.05. The SMILES string of the molecule is COc1ccc(Cc2noc(Cc3nc4nc(C)cc(=O)n4[nH]3)n2)cc1OC.O=C(O)C(F)(F)F. The second-order valence-corrected chi connectivity index (χ2v) is 6.99. The molecule has 15 heteroatoms. The zero-order valence-electron chi connectivity index (χ0n) is 18.6. The van der Waals surface area contributed by atoms with Gasteiger partial charge in [0, 0.05) is 18.2 Å². The molecule has 0 radical (unpaired) electrons. The number of rotatable bonds is 6. The van der Waals surface area contributed by atoms with Crippen molar-refractivity contribution >= 4 is 11.7 Å². The Morgan fingerprint density at radius 2 is 1.80 bits per heavy atom. The summed E-state index contributed by atoms with van der Waals surface area (Å²) in [6.45, 7) is 1.74. The lowest BCUT2D eigenvalue weighted by molar-refractivity contribution is -0.192. The molecule has 35 heavy (non-hydrogen) atoms. The number of carbonyl (C=O) groups is 1. The molecule has 0 spiro atoms. The molecule has 4 aromatic rings. The first-order valence-corrected chi connectivity index (χ1v) is 9.78. The number of carboxylic acids is 1. The molecule has 0 saturated carbocycles. The molecule has 0 bridgehead atoms. The molecule has 0 atom stereocenters. The van der Waals surface area contributed by atoms with Crippen LogP contribution in [-0.2, 0) is 17.6 Å². The number of alkyl halides is 3. The summed E-state index contributed by atoms with van der Waals surface area (Å²) < 4.78 is 48.9. The molecular formula is C20H19F3N6O6. The largest absolute Gasteiger partial charge is 0.493 e. The number of aliphatic carboxylic acids is 1. The van der Waals surface area contributed by atoms with Crippen LogP contribution >= 0.6 is 0 Å². The van der Waals surface area contributed by atoms with Gasteiger partial charge in [-0.05, 0) is 24.6 Å². The number of nitrogens with zero attached hydrogens (tertiary/aromatic N) is 5. The highest BCUT2D eigenvalue weighted by Crippen LogP contribution is 2.28. The van der Waals surface area contributed by atoms with Crippen molar-refractivity contribution in [2.24, 2.45) is 0 Å². The predicted molar refractivity (Wildman–Crippen MR) is 111 cm³/mol. The van der Waals surface area contributed by atoms with Crippen molar-refractivity contribution in [1.29, 1.82) is 0 Å². The molecule has 3 aromatic heterocycles. The van der Waals surface area contributed by atoms with Gasteiger partial charge in [0.15, 0.2) is 17.3 Å². The molecule has 0 unspecified atom stereocenters. The van der Waals surface area contributed by atoms with E-state index in [4.69, 9.17) is 23.9 Å². The van der Waals surface area contributed by atoms with Crippen molar-refractivity contribution in [2.75, 3.05) is 14.2 Å². The summed E-state index contributed by atoms with van der Waals surface area (Å²) in [5, 5.41) is 14.0. The van der Waals surface area contributed by atoms with Gasteiger partial charge >= 0.3 is 12.1 Å². The number of carboxylic acid groups (broad SMARTS) is 1. The summed E-state index contributed by atoms with van der Waals surface area (Å²) in [4.78, 5) is 33.8. The number of benzene rings is 1. The number of aromatic amines is 1. The van der Waals surface area contributed by atoms with E-state index in [9.17, 15) is 18.0 Å². The Morgan fingerprint density at radius 3 is 2.43 bits per heavy atom. The van der Waals surface area contributed by atoms with Crippen molar-refractivity contribution in [3.63, 3.8) is 0 Å². The van der Waals surface area contributed by atoms with Crippen LogP contribution in [-0.4, -0.2) is 61.2 Å². The Kier molecular flexibility index (Phi) is 7.37. The van der Waals surface area contributed by atoms with Gasteiger partial charge in [0.05, 0.1) is 20.6 Å². The third-order valence-electron chi connectivity index (χ3n) is 4.39. The number of ether oxygens (including phenoxy) is 2. The molecule has 0 aliphatic rings. The number of aryl methyl sites for hydroxylation is 1. The van der Waals surface area contributed by atoms with Gasteiger partial charge < -0.3 is 19.1 Å². The van der Waals surface area contributed by atoms with E-state index in [2.05, 4.69) is 25.2 Å². The Labute approximate surface area is 194 Å². The van der Waals surface area contributed by atoms with Crippen molar-refractivity contribution in [3.05, 3.63) is 63.4 Å². The predicted octanol–water partition coefficient (Wildman–Crippen LogP) is 1.94. The van der Waals surface area contributed by atoms with E-state index in [-0.39, 0.29) is 12.0 Å². The first kappa shape index (κ1) is 25.2. The van der Waals surface area contributed by atoms with Crippen LogP contribution in [0.15, 0.2) is 33.6 Å². The number of fused-ring (bicyclic) bond motifs is 1. The number of nitrogens with one attached hydrogen (secondary N) is 1. The number of hydrogen-bond donors (Lipinski definition) is 2. The highest BCUT2D eigenvalue weighted by Gasteiger charge is 2.38. The fourth-order valence-electron chi connectivity index (χ4n) is 2.87. The van der Waals surface area contributed by atoms with E-state index in [1.54, 1.807) is 21.1 Å². The molecule has 4 rings (SSSR count). The lowest BCUT2D eigenvalue weighted by atomic mass is 10.1. The van der Waals surface area contributed by atoms with E-state index in [0.717, 1.165) is 5.56 Å². The van der Waals surface area contributed by atoms with Crippen molar-refractivity contribution in [1.82, 2.24) is 29.7 Å². The molecule has 12 nitrogen and oxygen atoms in total. The number of H-pyrrole nitrogens is 1. The lowest BCUT2D eigenvalue weighted by Crippen LogP contribution is -2.21. The van der Waals surface area contributed by atoms with Crippen LogP contribution in [0.5, 0.6) is 11.5 Å². The van der Waals surface area contributed by atoms with Crippen molar-refractivity contribution in [3.8, 4) is 11.5 Å². The molecule has 186 valence electrons. The highest BCUT2D eigenvalue weighted by molar-refractivity contribution is 5.73. The second kappa shape index (κ2) is 10.2. The molecule has 0 amide bonds. The number of halogens is 3. The fraction of sp³-hybridized carbons (Fsp3) is 0.300. The topological polar surface area (TPSA) is 158 Å². The van der Waals surface area contributed by atoms with E-state index in [1.165, 1.54) is 10.6 Å². The Hall–Kier alpha value is -4.43. The third kappa shape index (κ3) is 6.33. The average Bonchev–Trinajstić information content (AvgIpc) is 3.40. The van der Waals surface area contributed by atoms with Crippen LogP contribution in [0.25, 0.3) is 5.78 Å². The summed E-state index contributed by atoms with van der Waals surface area (Å²) in [5.41, 5.74) is 1.35. The van der Waals surface area contributed by atoms with Gasteiger partial charge in [-0.1, -0.05) is 11.2 Å². The van der Waals surface area contributed by atoms with Gasteiger partial charge in [-0.2, -0.15) is 27.7 Å². The van der Waals surface area contributed by atoms with Crippen LogP contribution in [0.4, 0.5) is 13.2 Å². The molecule has 3 heterocycles. The number of aromatic nitrogens is 6. The first-order valence-electron chi connectivity index (χ1n) is 9.78. The van der Waals surface area contributed by atoms with Crippen molar-refractivity contribution < 1.29 is 37.1 Å². The second-order valence-electron chi connectivity index (χ2n) is 6.99. The minimum atomic E-state index is -5.08. The normalized spacial score (nSPS) is 11.1. The maximum absolute atomic E-state index is 12.0. The summed E-state index contributed by atoms with van der Waals surface area (Å²) in [7, 11) is 3.18. The average molecular weight is 496 g/mol. The summed E-state index contributed by atoms with van der Waals surface area (Å²) in [6.07, 6.45) is -4.34. The summed E-state index contributed by atoms with van der Waals surface area (Å²) in [5.74, 6) is 0.279. The zero-order valence-corrected chi connectivity index (χ0v) is 18.6. The van der Waals surface area contributed by atoms with E-state index < -0.39 is 12.1 Å². The van der Waals surface area contributed by atoms with E-state index in [1.807, 2.05) is 18.2 Å². The quantitative estimate of drug-likeness (QED) is 0.404. The van der Waals surface area contributed by atoms with Gasteiger partial charge in [0.25, 0.3) is 11.3 Å². The van der Waals surface area contributed by atoms with Gasteiger partial charge in [0.1, 0.15) is 5.82 Å². The van der Waals surface area contributed by atoms with E-state index >= 15 is 0 Å². The maximum Gasteiger partial charge on any atom is 0.490 e. The van der Waals surface area contributed by atoms with Gasteiger partial charge in [-0.3, -0.25) is 9.89 Å². The molecule has 0 fully saturated rings. The maximum atomic E-state index is 12.0. The van der Waals surface area contributed by atoms with Crippen LogP contribution in [0, 0.1) is 6.92 Å². The number of hydrogen-bond acceptors (Lipinski definition) is 9. The monoisotopic (exact) mass is 496 g/mol. The van der Waals surface area contributed by atoms with Crippen LogP contribution in [0.2, 0.25) is 0 Å². The van der Waals surface area contributed by atoms with Gasteiger partial charge in [-0.25, -0.2) is 9.78 Å². The smallest absolute Gasteiger partial charge is 0.490 e. The molecule has 2 N–H and O–H groups in total. The number of methoxy groups -OCH3 is 2. The Bertz CT molecular complexity index is 1390. The van der Waals surface area contributed by atoms with Crippen LogP contribution in [0.3, 0.4) is 0 Å². The molecule has 1 aromatic carbocycles. The lowest BCUT2D eigenvalue weighted by Gasteiger charge is -2.08. The Morgan fingerprint density at radius 1 is 1.11 bits per heavy atom. The minimum absolute atomic E-state index is 0.221. The standard InChI is InChI=1S/C18H18N6O4.C2HF3O2/c1-10-6-17(25)24-18(19-10)21-14(22-24)9-16-20-15(23-28-16)8-11-4-5-12(26-2)13(7-11)27-3;3-2(4,5)1(6)7/h4-7H,8-9H2,1-3H3,(H,19,21,22);(H,6,7). The minimum Gasteiger partial charge on any atom is -0.493 e. The van der Waals surface area contributed by atoms with Crippen LogP contribution < -0.4 is 15.0 Å². The summed E-state index contributed by atoms with van der Waals surface area (Å²) >= 11 is 0. The first-order chi connectivity index (χ1) is 16.5.